The van der Waals surface area contributed by atoms with E-state index in [1.54, 1.807) is 22.5 Å². The van der Waals surface area contributed by atoms with Crippen molar-refractivity contribution in [3.8, 4) is 11.5 Å². The Labute approximate surface area is 226 Å². The third kappa shape index (κ3) is 6.42. The third-order valence-corrected chi connectivity index (χ3v) is 8.70. The molecule has 38 heavy (non-hydrogen) atoms. The minimum Gasteiger partial charge on any atom is -0.492 e. The Morgan fingerprint density at radius 1 is 0.974 bits per heavy atom. The van der Waals surface area contributed by atoms with Crippen molar-refractivity contribution in [2.24, 2.45) is 11.8 Å². The highest BCUT2D eigenvalue weighted by Gasteiger charge is 2.31. The van der Waals surface area contributed by atoms with E-state index in [0.29, 0.717) is 74.1 Å². The van der Waals surface area contributed by atoms with Crippen molar-refractivity contribution in [2.75, 3.05) is 62.8 Å². The number of benzene rings is 2. The number of carbonyl (C=O) groups is 1. The number of sulfonamides is 1. The molecule has 2 aromatic rings. The number of ether oxygens (including phenoxy) is 3. The molecular formula is C28H39N3O6S. The Hall–Kier alpha value is -2.82. The second kappa shape index (κ2) is 12.4. The number of morpholine rings is 1. The van der Waals surface area contributed by atoms with E-state index in [1.807, 2.05) is 19.9 Å². The molecule has 0 bridgehead atoms. The van der Waals surface area contributed by atoms with Gasteiger partial charge in [-0.1, -0.05) is 13.8 Å². The molecule has 2 atom stereocenters. The van der Waals surface area contributed by atoms with Gasteiger partial charge in [0.1, 0.15) is 11.5 Å². The Morgan fingerprint density at radius 3 is 2.18 bits per heavy atom. The van der Waals surface area contributed by atoms with Crippen molar-refractivity contribution in [1.29, 1.82) is 0 Å². The van der Waals surface area contributed by atoms with Crippen LogP contribution < -0.4 is 19.7 Å². The van der Waals surface area contributed by atoms with Crippen molar-refractivity contribution >= 4 is 27.3 Å². The highest BCUT2D eigenvalue weighted by molar-refractivity contribution is 7.89. The molecule has 9 nitrogen and oxygen atoms in total. The first-order valence-corrected chi connectivity index (χ1v) is 14.8. The van der Waals surface area contributed by atoms with Gasteiger partial charge in [0.15, 0.2) is 0 Å². The molecule has 10 heteroatoms. The summed E-state index contributed by atoms with van der Waals surface area (Å²) in [5, 5.41) is 2.93. The van der Waals surface area contributed by atoms with Crippen LogP contribution in [-0.2, 0) is 14.8 Å². The summed E-state index contributed by atoms with van der Waals surface area (Å²) in [5.74, 6) is 1.46. The van der Waals surface area contributed by atoms with Crippen LogP contribution in [0.4, 0.5) is 11.4 Å². The van der Waals surface area contributed by atoms with Crippen molar-refractivity contribution in [2.45, 2.75) is 39.0 Å². The molecule has 2 aliphatic heterocycles. The molecule has 2 fully saturated rings. The zero-order valence-corrected chi connectivity index (χ0v) is 23.6. The molecule has 1 N–H and O–H groups in total. The summed E-state index contributed by atoms with van der Waals surface area (Å²) < 4.78 is 45.3. The van der Waals surface area contributed by atoms with E-state index in [1.165, 1.54) is 12.1 Å². The highest BCUT2D eigenvalue weighted by atomic mass is 32.2. The predicted molar refractivity (Wildman–Crippen MR) is 148 cm³/mol. The fraction of sp³-hybridized carbons (Fsp3) is 0.536. The molecular weight excluding hydrogens is 506 g/mol. The van der Waals surface area contributed by atoms with E-state index >= 15 is 0 Å². The van der Waals surface area contributed by atoms with E-state index in [-0.39, 0.29) is 10.8 Å². The highest BCUT2D eigenvalue weighted by Crippen LogP contribution is 2.39. The van der Waals surface area contributed by atoms with Gasteiger partial charge in [-0.2, -0.15) is 4.31 Å². The number of piperidine rings is 1. The number of anilines is 2. The SMILES string of the molecule is CCOc1cc(N2CCOCC2)c(OCC)cc1NC(=O)c1ccc(S(=O)(=O)N2C[C@H](C)C[C@H](C)C2)cc1. The summed E-state index contributed by atoms with van der Waals surface area (Å²) in [5.41, 5.74) is 1.74. The molecule has 2 aromatic carbocycles. The smallest absolute Gasteiger partial charge is 0.255 e. The Balaban J connectivity index is 1.55. The maximum Gasteiger partial charge on any atom is 0.255 e. The summed E-state index contributed by atoms with van der Waals surface area (Å²) in [6, 6.07) is 9.78. The Kier molecular flexibility index (Phi) is 9.17. The largest absolute Gasteiger partial charge is 0.492 e. The number of amides is 1. The molecule has 0 spiro atoms. The first-order valence-electron chi connectivity index (χ1n) is 13.4. The van der Waals surface area contributed by atoms with Gasteiger partial charge in [0.2, 0.25) is 10.0 Å². The quantitative estimate of drug-likeness (QED) is 0.503. The lowest BCUT2D eigenvalue weighted by atomic mass is 9.94. The van der Waals surface area contributed by atoms with Crippen LogP contribution in [0.1, 0.15) is 44.5 Å². The van der Waals surface area contributed by atoms with Gasteiger partial charge in [-0.25, -0.2) is 8.42 Å². The van der Waals surface area contributed by atoms with Crippen molar-refractivity contribution in [1.82, 2.24) is 4.31 Å². The monoisotopic (exact) mass is 545 g/mol. The van der Waals surface area contributed by atoms with Crippen LogP contribution in [-0.4, -0.2) is 71.2 Å². The second-order valence-corrected chi connectivity index (χ2v) is 12.0. The van der Waals surface area contributed by atoms with Crippen molar-refractivity contribution in [3.63, 3.8) is 0 Å². The normalized spacial score (nSPS) is 20.7. The fourth-order valence-electron chi connectivity index (χ4n) is 5.17. The lowest BCUT2D eigenvalue weighted by molar-refractivity contribution is 0.102. The third-order valence-electron chi connectivity index (χ3n) is 6.85. The molecule has 2 aliphatic rings. The lowest BCUT2D eigenvalue weighted by Gasteiger charge is -2.34. The molecule has 2 saturated heterocycles. The van der Waals surface area contributed by atoms with Gasteiger partial charge < -0.3 is 24.4 Å². The number of rotatable bonds is 9. The van der Waals surface area contributed by atoms with Crippen LogP contribution in [0.15, 0.2) is 41.3 Å². The second-order valence-electron chi connectivity index (χ2n) is 10.0. The molecule has 4 rings (SSSR count). The van der Waals surface area contributed by atoms with E-state index in [2.05, 4.69) is 24.1 Å². The molecule has 0 saturated carbocycles. The van der Waals surface area contributed by atoms with Gasteiger partial charge >= 0.3 is 0 Å². The molecule has 0 aliphatic carbocycles. The maximum absolute atomic E-state index is 13.2. The number of nitrogens with zero attached hydrogens (tertiary/aromatic N) is 2. The Bertz CT molecular complexity index is 1200. The van der Waals surface area contributed by atoms with Gasteiger partial charge in [-0.3, -0.25) is 4.79 Å². The van der Waals surface area contributed by atoms with Gasteiger partial charge in [-0.15, -0.1) is 0 Å². The number of nitrogens with one attached hydrogen (secondary N) is 1. The number of carbonyl (C=O) groups excluding carboxylic acids is 1. The number of hydrogen-bond donors (Lipinski definition) is 1. The van der Waals surface area contributed by atoms with Crippen LogP contribution in [0.5, 0.6) is 11.5 Å². The first kappa shape index (κ1) is 28.2. The van der Waals surface area contributed by atoms with E-state index in [0.717, 1.165) is 25.2 Å². The number of hydrogen-bond acceptors (Lipinski definition) is 7. The average molecular weight is 546 g/mol. The molecule has 1 amide bonds. The van der Waals surface area contributed by atoms with Gasteiger partial charge in [0.05, 0.1) is 42.7 Å². The maximum atomic E-state index is 13.2. The van der Waals surface area contributed by atoms with Gasteiger partial charge in [0.25, 0.3) is 5.91 Å². The molecule has 208 valence electrons. The minimum atomic E-state index is -3.62. The van der Waals surface area contributed by atoms with Crippen molar-refractivity contribution < 1.29 is 27.4 Å². The summed E-state index contributed by atoms with van der Waals surface area (Å²) in [6.07, 6.45) is 1.02. The molecule has 0 radical (unpaired) electrons. The van der Waals surface area contributed by atoms with Crippen LogP contribution >= 0.6 is 0 Å². The standard InChI is InChI=1S/C28H39N3O6S/c1-5-36-26-17-25(30-11-13-35-14-12-30)27(37-6-2)16-24(26)29-28(32)22-7-9-23(10-8-22)38(33,34)31-18-20(3)15-21(4)19-31/h7-10,16-17,20-21H,5-6,11-15,18-19H2,1-4H3,(H,29,32)/t20-,21+. The van der Waals surface area contributed by atoms with Crippen molar-refractivity contribution in [3.05, 3.63) is 42.0 Å². The summed E-state index contributed by atoms with van der Waals surface area (Å²) >= 11 is 0. The fourth-order valence-corrected chi connectivity index (χ4v) is 6.85. The van der Waals surface area contributed by atoms with E-state index < -0.39 is 10.0 Å². The summed E-state index contributed by atoms with van der Waals surface area (Å²) in [4.78, 5) is 15.6. The minimum absolute atomic E-state index is 0.193. The summed E-state index contributed by atoms with van der Waals surface area (Å²) in [6.45, 7) is 12.6. The van der Waals surface area contributed by atoms with E-state index in [9.17, 15) is 13.2 Å². The lowest BCUT2D eigenvalue weighted by Crippen LogP contribution is -2.42. The van der Waals surface area contributed by atoms with Gasteiger partial charge in [0, 0.05) is 43.9 Å². The molecule has 2 heterocycles. The van der Waals surface area contributed by atoms with Crippen LogP contribution in [0, 0.1) is 11.8 Å². The topological polar surface area (TPSA) is 97.4 Å². The van der Waals surface area contributed by atoms with Crippen LogP contribution in [0.25, 0.3) is 0 Å². The predicted octanol–water partition coefficient (Wildman–Crippen LogP) is 4.24. The molecule has 0 unspecified atom stereocenters. The Morgan fingerprint density at radius 2 is 1.58 bits per heavy atom. The van der Waals surface area contributed by atoms with E-state index in [4.69, 9.17) is 14.2 Å². The van der Waals surface area contributed by atoms with Crippen LogP contribution in [0.2, 0.25) is 0 Å². The van der Waals surface area contributed by atoms with Gasteiger partial charge in [-0.05, 0) is 56.4 Å². The average Bonchev–Trinajstić information content (AvgIpc) is 2.90. The molecule has 0 aromatic heterocycles. The van der Waals surface area contributed by atoms with Crippen LogP contribution in [0.3, 0.4) is 0 Å². The zero-order chi connectivity index (χ0) is 27.3. The zero-order valence-electron chi connectivity index (χ0n) is 22.7. The first-order chi connectivity index (χ1) is 18.2. The summed E-state index contributed by atoms with van der Waals surface area (Å²) in [7, 11) is -3.62.